The van der Waals surface area contributed by atoms with Crippen LogP contribution in [0.3, 0.4) is 0 Å². The topological polar surface area (TPSA) is 62.2 Å². The zero-order valence-electron chi connectivity index (χ0n) is 13.8. The molecule has 4 nitrogen and oxygen atoms in total. The van der Waals surface area contributed by atoms with Gasteiger partial charge in [-0.05, 0) is 47.4 Å². The Labute approximate surface area is 147 Å². The molecule has 4 heteroatoms. The number of rotatable bonds is 6. The summed E-state index contributed by atoms with van der Waals surface area (Å²) >= 11 is 0. The van der Waals surface area contributed by atoms with Crippen LogP contribution >= 0.6 is 0 Å². The first-order valence-electron chi connectivity index (χ1n) is 8.25. The second kappa shape index (κ2) is 8.22. The molecule has 0 aliphatic rings. The van der Waals surface area contributed by atoms with Crippen molar-refractivity contribution in [1.82, 2.24) is 10.3 Å². The van der Waals surface area contributed by atoms with Gasteiger partial charge in [0.1, 0.15) is 0 Å². The van der Waals surface area contributed by atoms with Crippen LogP contribution in [-0.4, -0.2) is 22.6 Å². The molecular formula is C21H20N2O2. The van der Waals surface area contributed by atoms with E-state index in [1.807, 2.05) is 66.7 Å². The van der Waals surface area contributed by atoms with Gasteiger partial charge in [-0.25, -0.2) is 0 Å². The quantitative estimate of drug-likeness (QED) is 0.725. The highest BCUT2D eigenvalue weighted by molar-refractivity contribution is 5.95. The van der Waals surface area contributed by atoms with Crippen LogP contribution in [0.2, 0.25) is 0 Å². The molecule has 1 heterocycles. The highest BCUT2D eigenvalue weighted by Gasteiger charge is 2.15. The molecule has 25 heavy (non-hydrogen) atoms. The van der Waals surface area contributed by atoms with Crippen molar-refractivity contribution >= 4 is 5.91 Å². The summed E-state index contributed by atoms with van der Waals surface area (Å²) < 4.78 is 0. The first-order valence-corrected chi connectivity index (χ1v) is 8.25. The molecule has 126 valence electrons. The summed E-state index contributed by atoms with van der Waals surface area (Å²) in [7, 11) is 0. The fraction of sp³-hybridized carbons (Fsp3) is 0.143. The number of hydrogen-bond acceptors (Lipinski definition) is 3. The van der Waals surface area contributed by atoms with Gasteiger partial charge >= 0.3 is 0 Å². The van der Waals surface area contributed by atoms with Crippen LogP contribution in [0.4, 0.5) is 0 Å². The molecule has 2 aromatic carbocycles. The van der Waals surface area contributed by atoms with Crippen molar-refractivity contribution in [2.75, 3.05) is 6.61 Å². The molecule has 0 spiro atoms. The maximum absolute atomic E-state index is 12.5. The van der Waals surface area contributed by atoms with E-state index < -0.39 is 0 Å². The Morgan fingerprint density at radius 2 is 1.56 bits per heavy atom. The minimum atomic E-state index is -0.210. The zero-order chi connectivity index (χ0) is 17.5. The summed E-state index contributed by atoms with van der Waals surface area (Å²) in [6, 6.07) is 20.8. The van der Waals surface area contributed by atoms with E-state index in [9.17, 15) is 9.90 Å². The molecule has 0 saturated heterocycles. The number of hydrogen-bond donors (Lipinski definition) is 2. The lowest BCUT2D eigenvalue weighted by molar-refractivity contribution is 0.0930. The third-order valence-electron chi connectivity index (χ3n) is 4.09. The molecule has 0 radical (unpaired) electrons. The minimum Gasteiger partial charge on any atom is -0.396 e. The number of aliphatic hydroxyl groups is 1. The molecule has 0 bridgehead atoms. The molecule has 0 saturated carbocycles. The molecule has 1 atom stereocenters. The fourth-order valence-electron chi connectivity index (χ4n) is 2.74. The Hall–Kier alpha value is -2.98. The van der Waals surface area contributed by atoms with E-state index in [-0.39, 0.29) is 18.6 Å². The summed E-state index contributed by atoms with van der Waals surface area (Å²) in [5.41, 5.74) is 3.67. The predicted molar refractivity (Wildman–Crippen MR) is 98.0 cm³/mol. The van der Waals surface area contributed by atoms with E-state index in [2.05, 4.69) is 10.3 Å². The molecule has 3 rings (SSSR count). The van der Waals surface area contributed by atoms with Gasteiger partial charge < -0.3 is 10.4 Å². The summed E-state index contributed by atoms with van der Waals surface area (Å²) in [5.74, 6) is -0.149. The van der Waals surface area contributed by atoms with Crippen LogP contribution in [0.1, 0.15) is 28.4 Å². The lowest BCUT2D eigenvalue weighted by atomic mass is 10.0. The highest BCUT2D eigenvalue weighted by atomic mass is 16.3. The molecule has 0 fully saturated rings. The number of carbonyl (C=O) groups excluding carboxylic acids is 1. The number of nitrogens with one attached hydrogen (secondary N) is 1. The summed E-state index contributed by atoms with van der Waals surface area (Å²) in [6.45, 7) is 0.0147. The van der Waals surface area contributed by atoms with Gasteiger partial charge in [0, 0.05) is 24.6 Å². The molecule has 1 aromatic heterocycles. The lowest BCUT2D eigenvalue weighted by Crippen LogP contribution is -2.29. The summed E-state index contributed by atoms with van der Waals surface area (Å²) in [4.78, 5) is 16.6. The van der Waals surface area contributed by atoms with Crippen LogP contribution < -0.4 is 5.32 Å². The Morgan fingerprint density at radius 1 is 0.920 bits per heavy atom. The molecule has 0 aliphatic carbocycles. The van der Waals surface area contributed by atoms with E-state index in [1.54, 1.807) is 12.4 Å². The first-order chi connectivity index (χ1) is 12.3. The molecule has 1 amide bonds. The SMILES string of the molecule is O=C(N[C@@H](CCO)c1ccccc1)c1ccc(-c2ccncc2)cc1. The van der Waals surface area contributed by atoms with E-state index in [0.717, 1.165) is 16.7 Å². The van der Waals surface area contributed by atoms with Crippen molar-refractivity contribution < 1.29 is 9.90 Å². The van der Waals surface area contributed by atoms with Gasteiger partial charge in [-0.3, -0.25) is 9.78 Å². The van der Waals surface area contributed by atoms with Crippen LogP contribution in [0.25, 0.3) is 11.1 Å². The van der Waals surface area contributed by atoms with Crippen molar-refractivity contribution in [2.45, 2.75) is 12.5 Å². The van der Waals surface area contributed by atoms with Gasteiger partial charge in [0.2, 0.25) is 0 Å². The van der Waals surface area contributed by atoms with Crippen LogP contribution in [0, 0.1) is 0 Å². The predicted octanol–water partition coefficient (Wildman–Crippen LogP) is 3.60. The average molecular weight is 332 g/mol. The molecule has 2 N–H and O–H groups in total. The standard InChI is InChI=1S/C21H20N2O2/c24-15-12-20(18-4-2-1-3-5-18)23-21(25)19-8-6-16(7-9-19)17-10-13-22-14-11-17/h1-11,13-14,20,24H,12,15H2,(H,23,25)/t20-/m0/s1. The molecule has 3 aromatic rings. The van der Waals surface area contributed by atoms with Gasteiger partial charge in [-0.2, -0.15) is 0 Å². The largest absolute Gasteiger partial charge is 0.396 e. The average Bonchev–Trinajstić information content (AvgIpc) is 2.69. The van der Waals surface area contributed by atoms with Crippen molar-refractivity contribution in [3.63, 3.8) is 0 Å². The zero-order valence-corrected chi connectivity index (χ0v) is 13.8. The van der Waals surface area contributed by atoms with E-state index in [4.69, 9.17) is 0 Å². The maximum Gasteiger partial charge on any atom is 0.251 e. The number of nitrogens with zero attached hydrogens (tertiary/aromatic N) is 1. The third kappa shape index (κ3) is 4.31. The fourth-order valence-corrected chi connectivity index (χ4v) is 2.74. The van der Waals surface area contributed by atoms with E-state index in [1.165, 1.54) is 0 Å². The monoisotopic (exact) mass is 332 g/mol. The lowest BCUT2D eigenvalue weighted by Gasteiger charge is -2.18. The number of pyridine rings is 1. The van der Waals surface area contributed by atoms with Gasteiger partial charge in [-0.1, -0.05) is 42.5 Å². The summed E-state index contributed by atoms with van der Waals surface area (Å²) in [6.07, 6.45) is 3.97. The normalized spacial score (nSPS) is 11.7. The Kier molecular flexibility index (Phi) is 5.54. The van der Waals surface area contributed by atoms with Gasteiger partial charge in [0.05, 0.1) is 6.04 Å². The molecule has 0 aliphatic heterocycles. The van der Waals surface area contributed by atoms with Gasteiger partial charge in [0.15, 0.2) is 0 Å². The molecule has 0 unspecified atom stereocenters. The Bertz CT molecular complexity index is 802. The van der Waals surface area contributed by atoms with E-state index in [0.29, 0.717) is 12.0 Å². The maximum atomic E-state index is 12.5. The van der Waals surface area contributed by atoms with Crippen LogP contribution in [0.5, 0.6) is 0 Å². The van der Waals surface area contributed by atoms with Gasteiger partial charge in [-0.15, -0.1) is 0 Å². The second-order valence-electron chi connectivity index (χ2n) is 5.76. The Morgan fingerprint density at radius 3 is 2.20 bits per heavy atom. The number of aliphatic hydroxyl groups excluding tert-OH is 1. The number of carbonyl (C=O) groups is 1. The number of benzene rings is 2. The number of aromatic nitrogens is 1. The second-order valence-corrected chi connectivity index (χ2v) is 5.76. The smallest absolute Gasteiger partial charge is 0.251 e. The Balaban J connectivity index is 1.74. The van der Waals surface area contributed by atoms with Crippen molar-refractivity contribution in [3.05, 3.63) is 90.3 Å². The van der Waals surface area contributed by atoms with Crippen molar-refractivity contribution in [3.8, 4) is 11.1 Å². The third-order valence-corrected chi connectivity index (χ3v) is 4.09. The highest BCUT2D eigenvalue weighted by Crippen LogP contribution is 2.20. The molecular weight excluding hydrogens is 312 g/mol. The van der Waals surface area contributed by atoms with Gasteiger partial charge in [0.25, 0.3) is 5.91 Å². The summed E-state index contributed by atoms with van der Waals surface area (Å²) in [5, 5.41) is 12.3. The first kappa shape index (κ1) is 16.9. The van der Waals surface area contributed by atoms with E-state index >= 15 is 0 Å². The van der Waals surface area contributed by atoms with Crippen LogP contribution in [-0.2, 0) is 0 Å². The van der Waals surface area contributed by atoms with Crippen LogP contribution in [0.15, 0.2) is 79.1 Å². The minimum absolute atomic E-state index is 0.0147. The van der Waals surface area contributed by atoms with Crippen molar-refractivity contribution in [1.29, 1.82) is 0 Å². The van der Waals surface area contributed by atoms with Crippen molar-refractivity contribution in [2.24, 2.45) is 0 Å². The number of amides is 1.